The summed E-state index contributed by atoms with van der Waals surface area (Å²) in [6.07, 6.45) is 2.29. The van der Waals surface area contributed by atoms with E-state index in [0.717, 1.165) is 6.20 Å². The zero-order chi connectivity index (χ0) is 26.6. The van der Waals surface area contributed by atoms with Gasteiger partial charge >= 0.3 is 0 Å². The van der Waals surface area contributed by atoms with Crippen molar-refractivity contribution < 1.29 is 18.7 Å². The van der Waals surface area contributed by atoms with Gasteiger partial charge in [-0.25, -0.2) is 10.4 Å². The molecule has 0 saturated carbocycles. The molecule has 5 rings (SSSR count). The first-order valence-electron chi connectivity index (χ1n) is 11.3. The van der Waals surface area contributed by atoms with E-state index in [0.29, 0.717) is 33.1 Å². The van der Waals surface area contributed by atoms with E-state index in [2.05, 4.69) is 20.5 Å². The van der Waals surface area contributed by atoms with Crippen LogP contribution in [0, 0.1) is 5.82 Å². The summed E-state index contributed by atoms with van der Waals surface area (Å²) < 4.78 is 26.6. The van der Waals surface area contributed by atoms with Crippen LogP contribution >= 0.6 is 11.6 Å². The minimum absolute atomic E-state index is 0.0661. The van der Waals surface area contributed by atoms with Gasteiger partial charge in [-0.05, 0) is 59.6 Å². The van der Waals surface area contributed by atoms with Gasteiger partial charge in [0.25, 0.3) is 11.8 Å². The molecule has 5 aromatic rings. The number of para-hydroxylation sites is 2. The number of hydrogen-bond acceptors (Lipinski definition) is 7. The molecule has 9 nitrogen and oxygen atoms in total. The van der Waals surface area contributed by atoms with E-state index in [4.69, 9.17) is 21.1 Å². The number of hydrogen-bond donors (Lipinski definition) is 1. The molecule has 0 bridgehead atoms. The lowest BCUT2D eigenvalue weighted by atomic mass is 10.1. The molecule has 0 atom stereocenters. The zero-order valence-electron chi connectivity index (χ0n) is 19.9. The van der Waals surface area contributed by atoms with Gasteiger partial charge in [-0.3, -0.25) is 9.59 Å². The average Bonchev–Trinajstić information content (AvgIpc) is 2.93. The van der Waals surface area contributed by atoms with Crippen molar-refractivity contribution in [2.24, 2.45) is 5.10 Å². The van der Waals surface area contributed by atoms with Crippen molar-refractivity contribution in [3.63, 3.8) is 0 Å². The van der Waals surface area contributed by atoms with Crippen molar-refractivity contribution in [3.8, 4) is 17.4 Å². The van der Waals surface area contributed by atoms with Crippen molar-refractivity contribution in [2.45, 2.75) is 6.54 Å². The fourth-order valence-corrected chi connectivity index (χ4v) is 4.09. The lowest BCUT2D eigenvalue weighted by Crippen LogP contribution is -2.25. The fraction of sp³-hybridized carbons (Fsp3) is 0.0741. The number of nitrogens with one attached hydrogen (secondary N) is 1. The summed E-state index contributed by atoms with van der Waals surface area (Å²) in [6, 6.07) is 19.1. The Morgan fingerprint density at radius 2 is 1.76 bits per heavy atom. The highest BCUT2D eigenvalue weighted by atomic mass is 35.5. The second-order valence-electron chi connectivity index (χ2n) is 8.05. The van der Waals surface area contributed by atoms with Gasteiger partial charge in [0.05, 0.1) is 30.6 Å². The second-order valence-corrected chi connectivity index (χ2v) is 8.39. The third-order valence-corrected chi connectivity index (χ3v) is 5.84. The number of methoxy groups -OCH3 is 1. The summed E-state index contributed by atoms with van der Waals surface area (Å²) in [5.74, 6) is -1.10. The van der Waals surface area contributed by atoms with Crippen LogP contribution in [0.5, 0.6) is 17.4 Å². The van der Waals surface area contributed by atoms with Crippen LogP contribution in [0.25, 0.3) is 21.8 Å². The SMILES string of the molecule is COc1ccc(C=NNC(=O)Cn2c3ccccc3c(=O)c3ccccc32)cc1Oc1nc(Cl)ncc1F. The topological polar surface area (TPSA) is 108 Å². The summed E-state index contributed by atoms with van der Waals surface area (Å²) in [4.78, 5) is 33.0. The molecule has 11 heteroatoms. The van der Waals surface area contributed by atoms with Crippen LogP contribution < -0.4 is 20.3 Å². The third-order valence-electron chi connectivity index (χ3n) is 5.66. The van der Waals surface area contributed by atoms with Crippen LogP contribution in [0.15, 0.2) is 82.8 Å². The predicted molar refractivity (Wildman–Crippen MR) is 142 cm³/mol. The summed E-state index contributed by atoms with van der Waals surface area (Å²) in [5, 5.41) is 4.90. The van der Waals surface area contributed by atoms with Crippen LogP contribution in [-0.4, -0.2) is 33.8 Å². The second kappa shape index (κ2) is 10.7. The molecule has 0 radical (unpaired) electrons. The molecule has 0 spiro atoms. The molecule has 38 heavy (non-hydrogen) atoms. The Kier molecular flexibility index (Phi) is 6.96. The van der Waals surface area contributed by atoms with Crippen molar-refractivity contribution >= 4 is 45.5 Å². The zero-order valence-corrected chi connectivity index (χ0v) is 20.6. The van der Waals surface area contributed by atoms with Gasteiger partial charge in [0.1, 0.15) is 6.54 Å². The molecular weight excluding hydrogens is 513 g/mol. The van der Waals surface area contributed by atoms with E-state index in [1.807, 2.05) is 12.1 Å². The Morgan fingerprint density at radius 1 is 1.08 bits per heavy atom. The number of carbonyl (C=O) groups excluding carboxylic acids is 1. The molecule has 0 aliphatic carbocycles. The van der Waals surface area contributed by atoms with Gasteiger partial charge in [0.2, 0.25) is 11.1 Å². The van der Waals surface area contributed by atoms with E-state index in [1.165, 1.54) is 19.4 Å². The van der Waals surface area contributed by atoms with E-state index in [9.17, 15) is 14.0 Å². The van der Waals surface area contributed by atoms with Gasteiger partial charge in [-0.2, -0.15) is 14.5 Å². The Labute approximate surface area is 220 Å². The van der Waals surface area contributed by atoms with E-state index in [1.54, 1.807) is 53.1 Å². The van der Waals surface area contributed by atoms with Gasteiger partial charge in [-0.15, -0.1) is 0 Å². The minimum Gasteiger partial charge on any atom is -0.493 e. The molecule has 2 heterocycles. The first-order valence-corrected chi connectivity index (χ1v) is 11.7. The van der Waals surface area contributed by atoms with Crippen LogP contribution in [-0.2, 0) is 11.3 Å². The highest BCUT2D eigenvalue weighted by Crippen LogP contribution is 2.32. The molecule has 2 aromatic heterocycles. The Balaban J connectivity index is 1.37. The fourth-order valence-electron chi connectivity index (χ4n) is 3.97. The summed E-state index contributed by atoms with van der Waals surface area (Å²) in [7, 11) is 1.43. The Bertz CT molecular complexity index is 1710. The highest BCUT2D eigenvalue weighted by molar-refractivity contribution is 6.28. The van der Waals surface area contributed by atoms with E-state index in [-0.39, 0.29) is 28.9 Å². The van der Waals surface area contributed by atoms with Gasteiger partial charge in [0, 0.05) is 10.8 Å². The molecule has 190 valence electrons. The number of aromatic nitrogens is 3. The Hall–Kier alpha value is -4.83. The van der Waals surface area contributed by atoms with Crippen molar-refractivity contribution in [1.29, 1.82) is 0 Å². The summed E-state index contributed by atoms with van der Waals surface area (Å²) >= 11 is 5.74. The van der Waals surface area contributed by atoms with Crippen LogP contribution in [0.2, 0.25) is 5.28 Å². The maximum Gasteiger partial charge on any atom is 0.260 e. The Morgan fingerprint density at radius 3 is 2.45 bits per heavy atom. The number of hydrazone groups is 1. The quantitative estimate of drug-likeness (QED) is 0.141. The van der Waals surface area contributed by atoms with Crippen LogP contribution in [0.1, 0.15) is 5.56 Å². The van der Waals surface area contributed by atoms with E-state index < -0.39 is 11.7 Å². The molecule has 0 aliphatic heterocycles. The smallest absolute Gasteiger partial charge is 0.260 e. The maximum atomic E-state index is 14.0. The van der Waals surface area contributed by atoms with E-state index >= 15 is 0 Å². The number of carbonyl (C=O) groups is 1. The van der Waals surface area contributed by atoms with Crippen LogP contribution in [0.3, 0.4) is 0 Å². The summed E-state index contributed by atoms with van der Waals surface area (Å²) in [6.45, 7) is -0.0661. The maximum absolute atomic E-state index is 14.0. The molecule has 1 N–H and O–H groups in total. The largest absolute Gasteiger partial charge is 0.493 e. The molecular formula is C27H19ClFN5O4. The van der Waals surface area contributed by atoms with Crippen LogP contribution in [0.4, 0.5) is 4.39 Å². The first kappa shape index (κ1) is 24.8. The number of pyridine rings is 1. The number of halogens is 2. The lowest BCUT2D eigenvalue weighted by molar-refractivity contribution is -0.121. The summed E-state index contributed by atoms with van der Waals surface area (Å²) in [5.41, 5.74) is 4.22. The monoisotopic (exact) mass is 531 g/mol. The molecule has 0 saturated heterocycles. The van der Waals surface area contributed by atoms with Gasteiger partial charge < -0.3 is 14.0 Å². The number of amides is 1. The standard InChI is InChI=1S/C27H19ClFN5O4/c1-37-22-11-10-16(12-23(22)38-26-19(29)14-30-27(28)32-26)13-31-33-24(35)15-34-20-8-4-2-6-17(20)25(36)18-7-3-5-9-21(18)34/h2-14H,15H2,1H3,(H,33,35). The molecule has 0 fully saturated rings. The van der Waals surface area contributed by atoms with Crippen molar-refractivity contribution in [2.75, 3.05) is 7.11 Å². The molecule has 3 aromatic carbocycles. The number of rotatable bonds is 7. The number of benzene rings is 3. The number of fused-ring (bicyclic) bond motifs is 2. The third kappa shape index (κ3) is 5.02. The van der Waals surface area contributed by atoms with Crippen molar-refractivity contribution in [3.05, 3.63) is 99.8 Å². The van der Waals surface area contributed by atoms with Gasteiger partial charge in [-0.1, -0.05) is 24.3 Å². The normalized spacial score (nSPS) is 11.2. The molecule has 1 amide bonds. The number of nitrogens with zero attached hydrogens (tertiary/aromatic N) is 4. The predicted octanol–water partition coefficient (Wildman–Crippen LogP) is 4.69. The number of ether oxygens (including phenoxy) is 2. The minimum atomic E-state index is -0.801. The first-order chi connectivity index (χ1) is 18.4. The van der Waals surface area contributed by atoms with Gasteiger partial charge in [0.15, 0.2) is 16.9 Å². The average molecular weight is 532 g/mol. The highest BCUT2D eigenvalue weighted by Gasteiger charge is 2.14. The van der Waals surface area contributed by atoms with Crippen molar-refractivity contribution in [1.82, 2.24) is 20.0 Å². The molecule has 0 aliphatic rings. The lowest BCUT2D eigenvalue weighted by Gasteiger charge is -2.14. The molecule has 0 unspecified atom stereocenters.